The number of ether oxygens (including phenoxy) is 1. The molecule has 3 aromatic carbocycles. The van der Waals surface area contributed by atoms with E-state index in [1.165, 1.54) is 6.20 Å². The van der Waals surface area contributed by atoms with Crippen LogP contribution in [0.15, 0.2) is 103 Å². The molecule has 0 spiro atoms. The van der Waals surface area contributed by atoms with Crippen molar-refractivity contribution in [1.82, 2.24) is 4.98 Å². The lowest BCUT2D eigenvalue weighted by Crippen LogP contribution is -2.12. The van der Waals surface area contributed by atoms with E-state index in [4.69, 9.17) is 4.74 Å². The van der Waals surface area contributed by atoms with Gasteiger partial charge in [0.15, 0.2) is 5.75 Å². The van der Waals surface area contributed by atoms with Gasteiger partial charge in [0, 0.05) is 11.9 Å². The zero-order chi connectivity index (χ0) is 19.9. The van der Waals surface area contributed by atoms with E-state index in [0.29, 0.717) is 17.0 Å². The Hall–Kier alpha value is -4.12. The zero-order valence-electron chi connectivity index (χ0n) is 15.6. The number of benzene rings is 3. The Kier molecular flexibility index (Phi) is 5.48. The molecule has 4 rings (SSSR count). The molecule has 29 heavy (non-hydrogen) atoms. The monoisotopic (exact) mass is 381 g/mol. The topological polar surface area (TPSA) is 63.2 Å². The van der Waals surface area contributed by atoms with Crippen molar-refractivity contribution in [3.8, 4) is 11.5 Å². The smallest absolute Gasteiger partial charge is 0.257 e. The summed E-state index contributed by atoms with van der Waals surface area (Å²) in [6.07, 6.45) is 3.20. The second-order valence-electron chi connectivity index (χ2n) is 6.32. The van der Waals surface area contributed by atoms with Crippen molar-refractivity contribution in [2.24, 2.45) is 0 Å². The Morgan fingerprint density at radius 2 is 1.45 bits per heavy atom. The maximum absolute atomic E-state index is 12.5. The summed E-state index contributed by atoms with van der Waals surface area (Å²) in [6.45, 7) is 0. The molecule has 0 aliphatic rings. The average Bonchev–Trinajstić information content (AvgIpc) is 2.77. The van der Waals surface area contributed by atoms with Gasteiger partial charge < -0.3 is 15.4 Å². The fourth-order valence-electron chi connectivity index (χ4n) is 2.79. The number of nitrogens with zero attached hydrogens (tertiary/aromatic N) is 1. The molecular weight excluding hydrogens is 362 g/mol. The summed E-state index contributed by atoms with van der Waals surface area (Å²) in [5.41, 5.74) is 2.66. The highest BCUT2D eigenvalue weighted by molar-refractivity contribution is 6.04. The minimum Gasteiger partial charge on any atom is -0.455 e. The largest absolute Gasteiger partial charge is 0.455 e. The average molecular weight is 381 g/mol. The van der Waals surface area contributed by atoms with Crippen LogP contribution in [0.3, 0.4) is 0 Å². The van der Waals surface area contributed by atoms with E-state index in [-0.39, 0.29) is 5.91 Å². The molecule has 0 bridgehead atoms. The lowest BCUT2D eigenvalue weighted by Gasteiger charge is -2.13. The van der Waals surface area contributed by atoms with Gasteiger partial charge >= 0.3 is 0 Å². The molecule has 0 fully saturated rings. The molecule has 1 aromatic heterocycles. The van der Waals surface area contributed by atoms with Crippen LogP contribution < -0.4 is 15.4 Å². The van der Waals surface area contributed by atoms with E-state index in [0.717, 1.165) is 17.1 Å². The normalized spacial score (nSPS) is 10.2. The third kappa shape index (κ3) is 4.78. The first kappa shape index (κ1) is 18.3. The highest BCUT2D eigenvalue weighted by atomic mass is 16.5. The highest BCUT2D eigenvalue weighted by Gasteiger charge is 2.09. The van der Waals surface area contributed by atoms with Crippen LogP contribution >= 0.6 is 0 Å². The lowest BCUT2D eigenvalue weighted by molar-refractivity contribution is 0.102. The van der Waals surface area contributed by atoms with Gasteiger partial charge in [-0.2, -0.15) is 0 Å². The molecule has 5 nitrogen and oxygen atoms in total. The Morgan fingerprint density at radius 1 is 0.759 bits per heavy atom. The minimum atomic E-state index is -0.221. The molecule has 5 heteroatoms. The predicted octanol–water partition coefficient (Wildman–Crippen LogP) is 5.87. The molecule has 0 aliphatic carbocycles. The van der Waals surface area contributed by atoms with E-state index in [9.17, 15) is 4.79 Å². The van der Waals surface area contributed by atoms with Crippen LogP contribution in [0.1, 0.15) is 10.4 Å². The molecule has 0 saturated heterocycles. The van der Waals surface area contributed by atoms with Gasteiger partial charge in [-0.25, -0.2) is 0 Å². The first-order chi connectivity index (χ1) is 14.3. The van der Waals surface area contributed by atoms with Crippen LogP contribution in [-0.2, 0) is 0 Å². The minimum absolute atomic E-state index is 0.221. The van der Waals surface area contributed by atoms with Gasteiger partial charge in [-0.1, -0.05) is 48.5 Å². The van der Waals surface area contributed by atoms with Gasteiger partial charge in [0.25, 0.3) is 5.91 Å². The van der Waals surface area contributed by atoms with Crippen molar-refractivity contribution in [2.75, 3.05) is 10.6 Å². The SMILES string of the molecule is O=C(Nc1ccccc1)c1cncc(Nc2ccccc2Oc2ccccc2)c1. The quantitative estimate of drug-likeness (QED) is 0.438. The summed E-state index contributed by atoms with van der Waals surface area (Å²) in [6, 6.07) is 28.3. The van der Waals surface area contributed by atoms with E-state index < -0.39 is 0 Å². The number of pyridine rings is 1. The van der Waals surface area contributed by atoms with Gasteiger partial charge in [0.1, 0.15) is 5.75 Å². The van der Waals surface area contributed by atoms with Gasteiger partial charge in [0.2, 0.25) is 0 Å². The number of para-hydroxylation sites is 4. The molecule has 142 valence electrons. The summed E-state index contributed by atoms with van der Waals surface area (Å²) >= 11 is 0. The van der Waals surface area contributed by atoms with E-state index in [1.807, 2.05) is 84.9 Å². The maximum Gasteiger partial charge on any atom is 0.257 e. The van der Waals surface area contributed by atoms with Gasteiger partial charge in [0.05, 0.1) is 23.1 Å². The molecule has 0 atom stereocenters. The van der Waals surface area contributed by atoms with Crippen molar-refractivity contribution >= 4 is 23.0 Å². The van der Waals surface area contributed by atoms with Crippen LogP contribution in [-0.4, -0.2) is 10.9 Å². The summed E-state index contributed by atoms with van der Waals surface area (Å²) < 4.78 is 5.98. The van der Waals surface area contributed by atoms with Crippen molar-refractivity contribution in [1.29, 1.82) is 0 Å². The van der Waals surface area contributed by atoms with Gasteiger partial charge in [-0.05, 0) is 42.5 Å². The van der Waals surface area contributed by atoms with E-state index in [1.54, 1.807) is 12.3 Å². The maximum atomic E-state index is 12.5. The predicted molar refractivity (Wildman–Crippen MR) is 115 cm³/mol. The van der Waals surface area contributed by atoms with Gasteiger partial charge in [-0.3, -0.25) is 9.78 Å². The van der Waals surface area contributed by atoms with Gasteiger partial charge in [-0.15, -0.1) is 0 Å². The van der Waals surface area contributed by atoms with Crippen molar-refractivity contribution < 1.29 is 9.53 Å². The molecule has 1 heterocycles. The Bertz CT molecular complexity index is 1100. The Morgan fingerprint density at radius 3 is 2.24 bits per heavy atom. The number of aromatic nitrogens is 1. The van der Waals surface area contributed by atoms with Crippen LogP contribution in [0, 0.1) is 0 Å². The molecule has 0 aliphatic heterocycles. The Balaban J connectivity index is 1.52. The third-order valence-electron chi connectivity index (χ3n) is 4.17. The summed E-state index contributed by atoms with van der Waals surface area (Å²) in [5.74, 6) is 1.20. The van der Waals surface area contributed by atoms with Crippen molar-refractivity contribution in [3.05, 3.63) is 109 Å². The molecular formula is C24H19N3O2. The summed E-state index contributed by atoms with van der Waals surface area (Å²) in [7, 11) is 0. The summed E-state index contributed by atoms with van der Waals surface area (Å²) in [4.78, 5) is 16.7. The fourth-order valence-corrected chi connectivity index (χ4v) is 2.79. The van der Waals surface area contributed by atoms with Crippen LogP contribution in [0.4, 0.5) is 17.1 Å². The van der Waals surface area contributed by atoms with Crippen LogP contribution in [0.5, 0.6) is 11.5 Å². The molecule has 2 N–H and O–H groups in total. The molecule has 0 radical (unpaired) electrons. The number of rotatable bonds is 6. The number of hydrogen-bond donors (Lipinski definition) is 2. The number of nitrogens with one attached hydrogen (secondary N) is 2. The van der Waals surface area contributed by atoms with Crippen molar-refractivity contribution in [2.45, 2.75) is 0 Å². The second-order valence-corrected chi connectivity index (χ2v) is 6.32. The molecule has 1 amide bonds. The lowest BCUT2D eigenvalue weighted by atomic mass is 10.2. The standard InChI is InChI=1S/C24H19N3O2/c28-24(27-19-9-3-1-4-10-19)18-15-20(17-25-16-18)26-22-13-7-8-14-23(22)29-21-11-5-2-6-12-21/h1-17,26H,(H,27,28). The second kappa shape index (κ2) is 8.71. The molecule has 4 aromatic rings. The molecule has 0 unspecified atom stereocenters. The summed E-state index contributed by atoms with van der Waals surface area (Å²) in [5, 5.41) is 6.15. The zero-order valence-corrected chi connectivity index (χ0v) is 15.6. The fraction of sp³-hybridized carbons (Fsp3) is 0. The third-order valence-corrected chi connectivity index (χ3v) is 4.17. The number of anilines is 3. The highest BCUT2D eigenvalue weighted by Crippen LogP contribution is 2.31. The van der Waals surface area contributed by atoms with Crippen molar-refractivity contribution in [3.63, 3.8) is 0 Å². The number of carbonyl (C=O) groups is 1. The number of carbonyl (C=O) groups excluding carboxylic acids is 1. The Labute approximate surface area is 169 Å². The van der Waals surface area contributed by atoms with Crippen LogP contribution in [0.25, 0.3) is 0 Å². The van der Waals surface area contributed by atoms with Crippen LogP contribution in [0.2, 0.25) is 0 Å². The molecule has 0 saturated carbocycles. The first-order valence-electron chi connectivity index (χ1n) is 9.18. The number of hydrogen-bond acceptors (Lipinski definition) is 4. The van der Waals surface area contributed by atoms with E-state index >= 15 is 0 Å². The number of amides is 1. The first-order valence-corrected chi connectivity index (χ1v) is 9.18. The van der Waals surface area contributed by atoms with E-state index in [2.05, 4.69) is 15.6 Å².